The number of nitrogens with zero attached hydrogens (tertiary/aromatic N) is 2. The molecule has 2 heterocycles. The summed E-state index contributed by atoms with van der Waals surface area (Å²) in [6.45, 7) is 2.49. The summed E-state index contributed by atoms with van der Waals surface area (Å²) in [5.74, 6) is 0.219. The Morgan fingerprint density at radius 2 is 2.09 bits per heavy atom. The van der Waals surface area contributed by atoms with E-state index >= 15 is 0 Å². The number of nitrogens with one attached hydrogen (secondary N) is 1. The van der Waals surface area contributed by atoms with Crippen LogP contribution in [0.15, 0.2) is 30.3 Å². The molecule has 0 bridgehead atoms. The molecule has 0 spiro atoms. The number of amides is 3. The van der Waals surface area contributed by atoms with Gasteiger partial charge in [-0.1, -0.05) is 30.3 Å². The van der Waals surface area contributed by atoms with Gasteiger partial charge in [-0.2, -0.15) is 0 Å². The van der Waals surface area contributed by atoms with Crippen molar-refractivity contribution in [2.24, 2.45) is 0 Å². The average Bonchev–Trinajstić information content (AvgIpc) is 2.92. The van der Waals surface area contributed by atoms with Crippen LogP contribution in [-0.4, -0.2) is 61.1 Å². The van der Waals surface area contributed by atoms with E-state index in [1.54, 1.807) is 12.0 Å². The van der Waals surface area contributed by atoms with Crippen LogP contribution in [0.25, 0.3) is 0 Å². The highest BCUT2D eigenvalue weighted by molar-refractivity contribution is 5.80. The lowest BCUT2D eigenvalue weighted by atomic mass is 10.1. The summed E-state index contributed by atoms with van der Waals surface area (Å²) >= 11 is 0. The van der Waals surface area contributed by atoms with E-state index in [2.05, 4.69) is 5.32 Å². The summed E-state index contributed by atoms with van der Waals surface area (Å²) in [7, 11) is 1.63. The first-order chi connectivity index (χ1) is 11.2. The normalized spacial score (nSPS) is 19.6. The van der Waals surface area contributed by atoms with E-state index in [-0.39, 0.29) is 24.0 Å². The molecule has 3 amide bonds. The number of urea groups is 1. The predicted molar refractivity (Wildman–Crippen MR) is 85.9 cm³/mol. The Bertz CT molecular complexity index is 557. The first kappa shape index (κ1) is 15.8. The Morgan fingerprint density at radius 3 is 2.70 bits per heavy atom. The topological polar surface area (TPSA) is 61.9 Å². The molecule has 0 radical (unpaired) electrons. The second-order valence-electron chi connectivity index (χ2n) is 6.12. The van der Waals surface area contributed by atoms with Crippen LogP contribution in [0.3, 0.4) is 0 Å². The second kappa shape index (κ2) is 7.00. The molecule has 23 heavy (non-hydrogen) atoms. The molecule has 1 atom stereocenters. The Kier molecular flexibility index (Phi) is 4.81. The van der Waals surface area contributed by atoms with Crippen LogP contribution in [0.4, 0.5) is 4.79 Å². The van der Waals surface area contributed by atoms with E-state index in [1.165, 1.54) is 0 Å². The fourth-order valence-electron chi connectivity index (χ4n) is 3.19. The number of methoxy groups -OCH3 is 1. The number of carbonyl (C=O) groups excluding carboxylic acids is 2. The van der Waals surface area contributed by atoms with Crippen LogP contribution in [-0.2, 0) is 9.53 Å². The van der Waals surface area contributed by atoms with E-state index in [1.807, 2.05) is 35.2 Å². The van der Waals surface area contributed by atoms with Crippen molar-refractivity contribution in [3.63, 3.8) is 0 Å². The molecule has 2 aliphatic heterocycles. The quantitative estimate of drug-likeness (QED) is 0.893. The predicted octanol–water partition coefficient (Wildman–Crippen LogP) is 1.39. The molecule has 0 aliphatic carbocycles. The van der Waals surface area contributed by atoms with Crippen LogP contribution in [0.2, 0.25) is 0 Å². The van der Waals surface area contributed by atoms with E-state index in [0.717, 1.165) is 18.5 Å². The third kappa shape index (κ3) is 3.47. The van der Waals surface area contributed by atoms with Gasteiger partial charge in [0.05, 0.1) is 18.7 Å². The Hall–Kier alpha value is -2.08. The van der Waals surface area contributed by atoms with Gasteiger partial charge in [-0.25, -0.2) is 4.79 Å². The highest BCUT2D eigenvalue weighted by Crippen LogP contribution is 2.22. The first-order valence-corrected chi connectivity index (χ1v) is 8.08. The van der Waals surface area contributed by atoms with Crippen molar-refractivity contribution < 1.29 is 14.3 Å². The number of benzene rings is 1. The molecule has 1 N–H and O–H groups in total. The summed E-state index contributed by atoms with van der Waals surface area (Å²) in [5, 5.41) is 3.02. The van der Waals surface area contributed by atoms with Gasteiger partial charge in [0.25, 0.3) is 0 Å². The summed E-state index contributed by atoms with van der Waals surface area (Å²) < 4.78 is 5.22. The van der Waals surface area contributed by atoms with Gasteiger partial charge in [0, 0.05) is 33.2 Å². The number of ether oxygens (including phenoxy) is 1. The minimum atomic E-state index is -0.166. The van der Waals surface area contributed by atoms with Gasteiger partial charge in [-0.05, 0) is 12.0 Å². The van der Waals surface area contributed by atoms with Crippen LogP contribution >= 0.6 is 0 Å². The summed E-state index contributed by atoms with van der Waals surface area (Å²) in [5.41, 5.74) is 1.02. The lowest BCUT2D eigenvalue weighted by Gasteiger charge is -2.44. The van der Waals surface area contributed by atoms with Gasteiger partial charge >= 0.3 is 6.03 Å². The third-order valence-corrected chi connectivity index (χ3v) is 4.53. The molecule has 124 valence electrons. The Morgan fingerprint density at radius 1 is 1.35 bits per heavy atom. The number of hydrogen-bond donors (Lipinski definition) is 1. The van der Waals surface area contributed by atoms with Crippen molar-refractivity contribution in [2.45, 2.75) is 24.9 Å². The van der Waals surface area contributed by atoms with Crippen LogP contribution in [0, 0.1) is 0 Å². The second-order valence-corrected chi connectivity index (χ2v) is 6.12. The molecule has 3 rings (SSSR count). The number of hydrogen-bond acceptors (Lipinski definition) is 3. The molecule has 2 saturated heterocycles. The zero-order valence-corrected chi connectivity index (χ0v) is 13.4. The minimum absolute atomic E-state index is 0.0983. The van der Waals surface area contributed by atoms with Crippen LogP contribution in [0.5, 0.6) is 0 Å². The molecule has 1 aromatic carbocycles. The van der Waals surface area contributed by atoms with Crippen molar-refractivity contribution in [3.8, 4) is 0 Å². The highest BCUT2D eigenvalue weighted by atomic mass is 16.5. The molecule has 1 aromatic rings. The largest absolute Gasteiger partial charge is 0.382 e. The van der Waals surface area contributed by atoms with Gasteiger partial charge in [0.2, 0.25) is 5.91 Å². The summed E-state index contributed by atoms with van der Waals surface area (Å²) in [6.07, 6.45) is 1.58. The zero-order chi connectivity index (χ0) is 16.2. The standard InChI is InChI=1S/C17H23N3O3/c1-23-12-15(13-6-3-2-4-7-13)18-17(22)19-10-14(11-19)20-9-5-8-16(20)21/h2-4,6-7,14-15H,5,8-12H2,1H3,(H,18,22). The number of rotatable bonds is 5. The molecule has 6 nitrogen and oxygen atoms in total. The highest BCUT2D eigenvalue weighted by Gasteiger charge is 2.39. The maximum Gasteiger partial charge on any atom is 0.318 e. The van der Waals surface area contributed by atoms with Crippen molar-refractivity contribution >= 4 is 11.9 Å². The van der Waals surface area contributed by atoms with Crippen molar-refractivity contribution in [1.29, 1.82) is 0 Å². The van der Waals surface area contributed by atoms with E-state index < -0.39 is 0 Å². The molecule has 6 heteroatoms. The van der Waals surface area contributed by atoms with E-state index in [4.69, 9.17) is 4.74 Å². The Labute approximate surface area is 136 Å². The fraction of sp³-hybridized carbons (Fsp3) is 0.529. The van der Waals surface area contributed by atoms with E-state index in [9.17, 15) is 9.59 Å². The Balaban J connectivity index is 1.53. The molecule has 1 unspecified atom stereocenters. The minimum Gasteiger partial charge on any atom is -0.382 e. The van der Waals surface area contributed by atoms with E-state index in [0.29, 0.717) is 26.1 Å². The fourth-order valence-corrected chi connectivity index (χ4v) is 3.19. The van der Waals surface area contributed by atoms with Crippen molar-refractivity contribution in [2.75, 3.05) is 33.4 Å². The van der Waals surface area contributed by atoms with Gasteiger partial charge < -0.3 is 19.9 Å². The van der Waals surface area contributed by atoms with Crippen LogP contribution in [0.1, 0.15) is 24.4 Å². The van der Waals surface area contributed by atoms with Gasteiger partial charge in [0.1, 0.15) is 0 Å². The molecule has 2 aliphatic rings. The smallest absolute Gasteiger partial charge is 0.318 e. The van der Waals surface area contributed by atoms with Gasteiger partial charge in [-0.3, -0.25) is 4.79 Å². The lowest BCUT2D eigenvalue weighted by molar-refractivity contribution is -0.132. The number of likely N-dealkylation sites (tertiary alicyclic amines) is 2. The SMILES string of the molecule is COCC(NC(=O)N1CC(N2CCCC2=O)C1)c1ccccc1. The average molecular weight is 317 g/mol. The molecular weight excluding hydrogens is 294 g/mol. The lowest BCUT2D eigenvalue weighted by Crippen LogP contribution is -2.63. The summed E-state index contributed by atoms with van der Waals surface area (Å²) in [4.78, 5) is 27.8. The monoisotopic (exact) mass is 317 g/mol. The first-order valence-electron chi connectivity index (χ1n) is 8.08. The van der Waals surface area contributed by atoms with Crippen molar-refractivity contribution in [3.05, 3.63) is 35.9 Å². The zero-order valence-electron chi connectivity index (χ0n) is 13.4. The van der Waals surface area contributed by atoms with Gasteiger partial charge in [0.15, 0.2) is 0 Å². The molecule has 0 saturated carbocycles. The molecule has 0 aromatic heterocycles. The summed E-state index contributed by atoms with van der Waals surface area (Å²) in [6, 6.07) is 9.72. The van der Waals surface area contributed by atoms with Crippen LogP contribution < -0.4 is 5.32 Å². The van der Waals surface area contributed by atoms with Gasteiger partial charge in [-0.15, -0.1) is 0 Å². The number of carbonyl (C=O) groups is 2. The van der Waals surface area contributed by atoms with Crippen molar-refractivity contribution in [1.82, 2.24) is 15.1 Å². The molecule has 2 fully saturated rings. The maximum atomic E-state index is 12.4. The molecular formula is C17H23N3O3. The maximum absolute atomic E-state index is 12.4. The third-order valence-electron chi connectivity index (χ3n) is 4.53.